The molecule has 1 aliphatic rings. The normalized spacial score (nSPS) is 20.6. The predicted octanol–water partition coefficient (Wildman–Crippen LogP) is 1.15. The Kier molecular flexibility index (Phi) is 8.16. The molecule has 2 unspecified atom stereocenters. The first-order chi connectivity index (χ1) is 9.84. The first-order valence-electron chi connectivity index (χ1n) is 8.09. The molecule has 0 aromatic rings. The summed E-state index contributed by atoms with van der Waals surface area (Å²) in [6.45, 7) is 12.5. The van der Waals surface area contributed by atoms with Crippen molar-refractivity contribution in [3.63, 3.8) is 0 Å². The maximum absolute atomic E-state index is 11.7. The average Bonchev–Trinajstić information content (AvgIpc) is 2.43. The SMILES string of the molecule is CCS(=O)(=O)CC(C)NCC(CC(C)C)N1CCOCC1. The van der Waals surface area contributed by atoms with Crippen LogP contribution < -0.4 is 5.32 Å². The lowest BCUT2D eigenvalue weighted by atomic mass is 10.0. The zero-order chi connectivity index (χ0) is 15.9. The van der Waals surface area contributed by atoms with E-state index in [2.05, 4.69) is 24.1 Å². The molecule has 126 valence electrons. The van der Waals surface area contributed by atoms with Crippen molar-refractivity contribution in [2.75, 3.05) is 44.4 Å². The summed E-state index contributed by atoms with van der Waals surface area (Å²) < 4.78 is 28.8. The first kappa shape index (κ1) is 18.9. The van der Waals surface area contributed by atoms with Gasteiger partial charge in [0.2, 0.25) is 0 Å². The van der Waals surface area contributed by atoms with E-state index in [-0.39, 0.29) is 17.5 Å². The third kappa shape index (κ3) is 7.58. The summed E-state index contributed by atoms with van der Waals surface area (Å²) >= 11 is 0. The van der Waals surface area contributed by atoms with Crippen molar-refractivity contribution in [1.29, 1.82) is 0 Å². The van der Waals surface area contributed by atoms with Crippen molar-refractivity contribution in [3.8, 4) is 0 Å². The number of nitrogens with one attached hydrogen (secondary N) is 1. The van der Waals surface area contributed by atoms with Gasteiger partial charge < -0.3 is 10.1 Å². The van der Waals surface area contributed by atoms with E-state index in [1.807, 2.05) is 6.92 Å². The van der Waals surface area contributed by atoms with Gasteiger partial charge in [0.05, 0.1) is 19.0 Å². The van der Waals surface area contributed by atoms with Crippen LogP contribution in [0.1, 0.15) is 34.1 Å². The Morgan fingerprint density at radius 2 is 1.81 bits per heavy atom. The van der Waals surface area contributed by atoms with E-state index in [0.717, 1.165) is 39.3 Å². The van der Waals surface area contributed by atoms with Crippen LogP contribution in [0.3, 0.4) is 0 Å². The molecule has 5 nitrogen and oxygen atoms in total. The van der Waals surface area contributed by atoms with Gasteiger partial charge in [-0.2, -0.15) is 0 Å². The van der Waals surface area contributed by atoms with E-state index in [4.69, 9.17) is 4.74 Å². The van der Waals surface area contributed by atoms with Gasteiger partial charge in [-0.05, 0) is 19.3 Å². The van der Waals surface area contributed by atoms with Gasteiger partial charge in [-0.25, -0.2) is 8.42 Å². The molecule has 0 aliphatic carbocycles. The monoisotopic (exact) mass is 320 g/mol. The second-order valence-corrected chi connectivity index (χ2v) is 8.84. The summed E-state index contributed by atoms with van der Waals surface area (Å²) in [5.74, 6) is 1.08. The highest BCUT2D eigenvalue weighted by Gasteiger charge is 2.23. The quantitative estimate of drug-likeness (QED) is 0.690. The molecule has 0 amide bonds. The topological polar surface area (TPSA) is 58.6 Å². The fourth-order valence-corrected chi connectivity index (χ4v) is 3.86. The second-order valence-electron chi connectivity index (χ2n) is 6.44. The fraction of sp³-hybridized carbons (Fsp3) is 1.00. The van der Waals surface area contributed by atoms with E-state index >= 15 is 0 Å². The summed E-state index contributed by atoms with van der Waals surface area (Å²) in [5.41, 5.74) is 0. The van der Waals surface area contributed by atoms with Crippen LogP contribution in [0.5, 0.6) is 0 Å². The van der Waals surface area contributed by atoms with E-state index in [9.17, 15) is 8.42 Å². The molecule has 0 radical (unpaired) electrons. The Morgan fingerprint density at radius 1 is 1.19 bits per heavy atom. The molecule has 1 saturated heterocycles. The minimum atomic E-state index is -2.91. The lowest BCUT2D eigenvalue weighted by Gasteiger charge is -2.36. The Bertz CT molecular complexity index is 378. The van der Waals surface area contributed by atoms with Crippen molar-refractivity contribution in [2.24, 2.45) is 5.92 Å². The highest BCUT2D eigenvalue weighted by molar-refractivity contribution is 7.91. The summed E-state index contributed by atoms with van der Waals surface area (Å²) in [6, 6.07) is 0.464. The molecule has 0 aromatic heterocycles. The van der Waals surface area contributed by atoms with Crippen LogP contribution in [0.25, 0.3) is 0 Å². The highest BCUT2D eigenvalue weighted by atomic mass is 32.2. The molecule has 1 rings (SSSR count). The number of ether oxygens (including phenoxy) is 1. The van der Waals surface area contributed by atoms with Crippen LogP contribution >= 0.6 is 0 Å². The number of rotatable bonds is 9. The molecular formula is C15H32N2O3S. The summed E-state index contributed by atoms with van der Waals surface area (Å²) in [4.78, 5) is 2.47. The Balaban J connectivity index is 2.48. The first-order valence-corrected chi connectivity index (χ1v) is 9.91. The fourth-order valence-electron chi connectivity index (χ4n) is 2.74. The van der Waals surface area contributed by atoms with Crippen LogP contribution in [-0.2, 0) is 14.6 Å². The number of hydrogen-bond acceptors (Lipinski definition) is 5. The second kappa shape index (κ2) is 9.08. The summed E-state index contributed by atoms with van der Waals surface area (Å²) in [6.07, 6.45) is 1.13. The highest BCUT2D eigenvalue weighted by Crippen LogP contribution is 2.13. The molecule has 0 saturated carbocycles. The van der Waals surface area contributed by atoms with Gasteiger partial charge in [-0.3, -0.25) is 4.90 Å². The standard InChI is InChI=1S/C15H32N2O3S/c1-5-21(18,19)12-14(4)16-11-15(10-13(2)3)17-6-8-20-9-7-17/h13-16H,5-12H2,1-4H3. The van der Waals surface area contributed by atoms with Gasteiger partial charge in [-0.1, -0.05) is 20.8 Å². The number of hydrogen-bond donors (Lipinski definition) is 1. The van der Waals surface area contributed by atoms with E-state index in [1.54, 1.807) is 6.92 Å². The van der Waals surface area contributed by atoms with Crippen molar-refractivity contribution in [3.05, 3.63) is 0 Å². The Morgan fingerprint density at radius 3 is 2.33 bits per heavy atom. The van der Waals surface area contributed by atoms with Gasteiger partial charge in [0.1, 0.15) is 0 Å². The van der Waals surface area contributed by atoms with Gasteiger partial charge >= 0.3 is 0 Å². The molecule has 6 heteroatoms. The van der Waals surface area contributed by atoms with Crippen molar-refractivity contribution >= 4 is 9.84 Å². The summed E-state index contributed by atoms with van der Waals surface area (Å²) in [7, 11) is -2.91. The molecule has 1 fully saturated rings. The van der Waals surface area contributed by atoms with Crippen molar-refractivity contribution in [1.82, 2.24) is 10.2 Å². The van der Waals surface area contributed by atoms with E-state index in [1.165, 1.54) is 0 Å². The molecule has 1 N–H and O–H groups in total. The van der Waals surface area contributed by atoms with Crippen molar-refractivity contribution in [2.45, 2.75) is 46.2 Å². The maximum atomic E-state index is 11.7. The largest absolute Gasteiger partial charge is 0.379 e. The van der Waals surface area contributed by atoms with Crippen LogP contribution in [0.15, 0.2) is 0 Å². The summed E-state index contributed by atoms with van der Waals surface area (Å²) in [5, 5.41) is 3.41. The Labute approximate surface area is 130 Å². The molecule has 0 bridgehead atoms. The van der Waals surface area contributed by atoms with E-state index in [0.29, 0.717) is 12.0 Å². The lowest BCUT2D eigenvalue weighted by molar-refractivity contribution is 0.0120. The third-order valence-electron chi connectivity index (χ3n) is 3.95. The van der Waals surface area contributed by atoms with Crippen LogP contribution in [0.2, 0.25) is 0 Å². The van der Waals surface area contributed by atoms with Crippen LogP contribution in [-0.4, -0.2) is 69.8 Å². The molecule has 1 heterocycles. The average molecular weight is 320 g/mol. The molecule has 1 aliphatic heterocycles. The maximum Gasteiger partial charge on any atom is 0.151 e. The number of morpholine rings is 1. The minimum Gasteiger partial charge on any atom is -0.379 e. The zero-order valence-electron chi connectivity index (χ0n) is 14.0. The molecule has 0 aromatic carbocycles. The molecule has 2 atom stereocenters. The Hall–Kier alpha value is -0.170. The molecule has 21 heavy (non-hydrogen) atoms. The lowest BCUT2D eigenvalue weighted by Crippen LogP contribution is -2.50. The third-order valence-corrected chi connectivity index (χ3v) is 5.84. The van der Waals surface area contributed by atoms with Crippen molar-refractivity contribution < 1.29 is 13.2 Å². The molecule has 0 spiro atoms. The number of sulfone groups is 1. The zero-order valence-corrected chi connectivity index (χ0v) is 14.8. The minimum absolute atomic E-state index is 0.00523. The smallest absolute Gasteiger partial charge is 0.151 e. The van der Waals surface area contributed by atoms with Gasteiger partial charge in [0.15, 0.2) is 9.84 Å². The van der Waals surface area contributed by atoms with Crippen LogP contribution in [0, 0.1) is 5.92 Å². The van der Waals surface area contributed by atoms with Gasteiger partial charge in [-0.15, -0.1) is 0 Å². The molecular weight excluding hydrogens is 288 g/mol. The van der Waals surface area contributed by atoms with Gasteiger partial charge in [0.25, 0.3) is 0 Å². The predicted molar refractivity (Wildman–Crippen MR) is 87.4 cm³/mol. The van der Waals surface area contributed by atoms with E-state index < -0.39 is 9.84 Å². The number of nitrogens with zero attached hydrogens (tertiary/aromatic N) is 1. The van der Waals surface area contributed by atoms with Crippen LogP contribution in [0.4, 0.5) is 0 Å². The van der Waals surface area contributed by atoms with Gasteiger partial charge in [0, 0.05) is 37.5 Å².